The van der Waals surface area contributed by atoms with Gasteiger partial charge in [-0.15, -0.1) is 0 Å². The van der Waals surface area contributed by atoms with Gasteiger partial charge in [-0.05, 0) is 38.5 Å². The summed E-state index contributed by atoms with van der Waals surface area (Å²) in [7, 11) is 0. The first-order valence-corrected chi connectivity index (χ1v) is 5.56. The number of β-amino-alcohol motifs (C(OH)–C–C–N with tert-alkyl or cyclic N) is 1. The van der Waals surface area contributed by atoms with E-state index in [2.05, 4.69) is 5.32 Å². The third-order valence-electron chi connectivity index (χ3n) is 2.37. The topological polar surface area (TPSA) is 72.7 Å². The average Bonchev–Trinajstić information content (AvgIpc) is 2.26. The normalized spacial score (nSPS) is 16.4. The molecule has 4 nitrogen and oxygen atoms in total. The van der Waals surface area contributed by atoms with E-state index < -0.39 is 6.08 Å². The number of aromatic hydroxyl groups is 1. The van der Waals surface area contributed by atoms with Crippen molar-refractivity contribution >= 4 is 0 Å². The summed E-state index contributed by atoms with van der Waals surface area (Å²) in [6.45, 7) is 5.56. The third-order valence-corrected chi connectivity index (χ3v) is 2.37. The fourth-order valence-corrected chi connectivity index (χ4v) is 1.34. The Kier molecular flexibility index (Phi) is 3.99. The largest absolute Gasteiger partial charge is 0.508 e. The van der Waals surface area contributed by atoms with Gasteiger partial charge < -0.3 is 20.6 Å². The van der Waals surface area contributed by atoms with Crippen LogP contribution in [-0.4, -0.2) is 27.4 Å². The van der Waals surface area contributed by atoms with Crippen molar-refractivity contribution in [3.63, 3.8) is 0 Å². The van der Waals surface area contributed by atoms with Crippen LogP contribution >= 0.6 is 0 Å². The van der Waals surface area contributed by atoms with Crippen molar-refractivity contribution in [1.29, 1.82) is 0 Å². The number of nitrogens with one attached hydrogen (secondary N) is 1. The van der Waals surface area contributed by atoms with Gasteiger partial charge in [0.1, 0.15) is 5.75 Å². The summed E-state index contributed by atoms with van der Waals surface area (Å²) < 4.78 is 7.92. The maximum atomic E-state index is 10.1. The number of phenols is 1. The highest BCUT2D eigenvalue weighted by Gasteiger charge is 2.14. The van der Waals surface area contributed by atoms with Crippen LogP contribution in [0, 0.1) is 0 Å². The Hall–Kier alpha value is -1.10. The Morgan fingerprint density at radius 2 is 2.06 bits per heavy atom. The predicted octanol–water partition coefficient (Wildman–Crippen LogP) is 1.31. The number of rotatable bonds is 4. The lowest BCUT2D eigenvalue weighted by Crippen LogP contribution is -2.38. The van der Waals surface area contributed by atoms with E-state index in [0.29, 0.717) is 11.1 Å². The summed E-state index contributed by atoms with van der Waals surface area (Å²) in [6, 6.07) is 4.29. The molecule has 0 aromatic heterocycles. The molecular weight excluding hydrogens is 218 g/mol. The van der Waals surface area contributed by atoms with Gasteiger partial charge in [0.15, 0.2) is 0 Å². The number of benzene rings is 1. The average molecular weight is 240 g/mol. The van der Waals surface area contributed by atoms with Crippen LogP contribution in [0.25, 0.3) is 0 Å². The van der Waals surface area contributed by atoms with E-state index in [1.54, 1.807) is 0 Å². The van der Waals surface area contributed by atoms with E-state index in [1.807, 2.05) is 20.8 Å². The molecule has 4 heteroatoms. The number of hydrogen-bond acceptors (Lipinski definition) is 4. The van der Waals surface area contributed by atoms with Gasteiger partial charge in [-0.3, -0.25) is 0 Å². The maximum Gasteiger partial charge on any atom is 0.121 e. The van der Waals surface area contributed by atoms with E-state index in [-0.39, 0.29) is 24.4 Å². The first-order valence-electron chi connectivity index (χ1n) is 6.06. The van der Waals surface area contributed by atoms with E-state index in [4.69, 9.17) is 6.48 Å². The monoisotopic (exact) mass is 240 g/mol. The smallest absolute Gasteiger partial charge is 0.121 e. The lowest BCUT2D eigenvalue weighted by Gasteiger charge is -2.23. The molecule has 1 atom stereocenters. The molecule has 0 aliphatic carbocycles. The first-order chi connectivity index (χ1) is 8.15. The highest BCUT2D eigenvalue weighted by molar-refractivity contribution is 5.36. The molecule has 17 heavy (non-hydrogen) atoms. The third kappa shape index (κ3) is 4.34. The van der Waals surface area contributed by atoms with Gasteiger partial charge >= 0.3 is 0 Å². The maximum absolute atomic E-state index is 10.1. The summed E-state index contributed by atoms with van der Waals surface area (Å²) >= 11 is 0. The molecule has 0 bridgehead atoms. The van der Waals surface area contributed by atoms with Crippen LogP contribution in [0.1, 0.15) is 39.3 Å². The molecule has 0 heterocycles. The molecule has 0 spiro atoms. The van der Waals surface area contributed by atoms with Gasteiger partial charge in [0.2, 0.25) is 0 Å². The number of aliphatic hydroxyl groups is 2. The van der Waals surface area contributed by atoms with Crippen molar-refractivity contribution in [2.45, 2.75) is 39.0 Å². The highest BCUT2D eigenvalue weighted by atomic mass is 16.3. The Bertz CT molecular complexity index is 413. The van der Waals surface area contributed by atoms with E-state index >= 15 is 0 Å². The molecule has 0 aliphatic rings. The summed E-state index contributed by atoms with van der Waals surface area (Å²) in [5.41, 5.74) is 0.432. The minimum atomic E-state index is -1.80. The minimum absolute atomic E-state index is 0.0409. The van der Waals surface area contributed by atoms with E-state index in [1.165, 1.54) is 18.2 Å². The van der Waals surface area contributed by atoms with Crippen LogP contribution in [0.3, 0.4) is 0 Å². The molecule has 0 saturated carbocycles. The van der Waals surface area contributed by atoms with E-state index in [9.17, 15) is 10.2 Å². The zero-order valence-electron chi connectivity index (χ0n) is 11.5. The quantitative estimate of drug-likeness (QED) is 0.640. The van der Waals surface area contributed by atoms with Gasteiger partial charge in [0.05, 0.1) is 14.1 Å². The molecule has 96 valence electrons. The Morgan fingerprint density at radius 3 is 2.59 bits per heavy atom. The fourth-order valence-electron chi connectivity index (χ4n) is 1.34. The van der Waals surface area contributed by atoms with Crippen molar-refractivity contribution in [2.75, 3.05) is 6.54 Å². The number of aliphatic hydroxyl groups excluding tert-OH is 1. The van der Waals surface area contributed by atoms with Gasteiger partial charge in [0, 0.05) is 17.6 Å². The van der Waals surface area contributed by atoms with Gasteiger partial charge in [0.25, 0.3) is 0 Å². The Labute approximate surface area is 103 Å². The SMILES string of the molecule is [2H][C@@](O)(CNC(C)(C)C)c1ccc(O)c(CO)c1. The summed E-state index contributed by atoms with van der Waals surface area (Å²) in [4.78, 5) is 0. The van der Waals surface area contributed by atoms with Gasteiger partial charge in [-0.25, -0.2) is 0 Å². The highest BCUT2D eigenvalue weighted by Crippen LogP contribution is 2.22. The zero-order chi connectivity index (χ0) is 14.0. The lowest BCUT2D eigenvalue weighted by molar-refractivity contribution is 0.163. The summed E-state index contributed by atoms with van der Waals surface area (Å²) in [6.07, 6.45) is -1.80. The van der Waals surface area contributed by atoms with Crippen molar-refractivity contribution in [1.82, 2.24) is 5.32 Å². The molecule has 1 aromatic carbocycles. The minimum Gasteiger partial charge on any atom is -0.508 e. The van der Waals surface area contributed by atoms with Crippen molar-refractivity contribution in [3.05, 3.63) is 29.3 Å². The van der Waals surface area contributed by atoms with Crippen LogP contribution < -0.4 is 5.32 Å². The van der Waals surface area contributed by atoms with Gasteiger partial charge in [-0.2, -0.15) is 0 Å². The molecule has 0 aliphatic heterocycles. The van der Waals surface area contributed by atoms with Crippen LogP contribution in [0.2, 0.25) is 0 Å². The van der Waals surface area contributed by atoms with E-state index in [0.717, 1.165) is 0 Å². The molecular formula is C13H21NO3. The molecule has 1 rings (SSSR count). The standard InChI is InChI=1S/C13H21NO3/c1-13(2,3)14-7-12(17)9-4-5-11(16)10(6-9)8-15/h4-6,12,14-17H,7-8H2,1-3H3/t12-/m1/s1/i12D. The fraction of sp³-hybridized carbons (Fsp3) is 0.538. The van der Waals surface area contributed by atoms with Gasteiger partial charge in [-0.1, -0.05) is 6.07 Å². The molecule has 0 fully saturated rings. The molecule has 0 saturated heterocycles. The zero-order valence-corrected chi connectivity index (χ0v) is 10.5. The number of hydrogen-bond donors (Lipinski definition) is 4. The molecule has 1 aromatic rings. The van der Waals surface area contributed by atoms with Crippen molar-refractivity contribution in [3.8, 4) is 5.75 Å². The Balaban J connectivity index is 2.90. The molecule has 4 N–H and O–H groups in total. The second-order valence-corrected chi connectivity index (χ2v) is 5.05. The lowest BCUT2D eigenvalue weighted by atomic mass is 10.0. The summed E-state index contributed by atoms with van der Waals surface area (Å²) in [5, 5.41) is 31.6. The molecule has 0 radical (unpaired) electrons. The van der Waals surface area contributed by atoms with Crippen LogP contribution in [0.4, 0.5) is 0 Å². The Morgan fingerprint density at radius 1 is 1.41 bits per heavy atom. The molecule has 0 amide bonds. The first kappa shape index (κ1) is 12.4. The predicted molar refractivity (Wildman–Crippen MR) is 66.7 cm³/mol. The van der Waals surface area contributed by atoms with Crippen molar-refractivity contribution in [2.24, 2.45) is 0 Å². The van der Waals surface area contributed by atoms with Crippen LogP contribution in [0.15, 0.2) is 18.2 Å². The van der Waals surface area contributed by atoms with Crippen LogP contribution in [-0.2, 0) is 6.61 Å². The summed E-state index contributed by atoms with van der Waals surface area (Å²) in [5.74, 6) is -0.0409. The second-order valence-electron chi connectivity index (χ2n) is 5.05. The van der Waals surface area contributed by atoms with Crippen LogP contribution in [0.5, 0.6) is 5.75 Å². The molecule has 0 unspecified atom stereocenters. The second kappa shape index (κ2) is 5.49. The van der Waals surface area contributed by atoms with Crippen molar-refractivity contribution < 1.29 is 16.7 Å².